The van der Waals surface area contributed by atoms with Gasteiger partial charge in [-0.25, -0.2) is 4.98 Å². The molecule has 1 atom stereocenters. The van der Waals surface area contributed by atoms with Gasteiger partial charge in [-0.2, -0.15) is 0 Å². The first-order valence-electron chi connectivity index (χ1n) is 8.05. The molecule has 5 nitrogen and oxygen atoms in total. The average molecular weight is 299 g/mol. The maximum atomic E-state index is 4.44. The van der Waals surface area contributed by atoms with Gasteiger partial charge in [0.25, 0.3) is 0 Å². The monoisotopic (exact) mass is 299 g/mol. The van der Waals surface area contributed by atoms with Crippen LogP contribution in [-0.4, -0.2) is 56.6 Å². The molecule has 3 heterocycles. The summed E-state index contributed by atoms with van der Waals surface area (Å²) in [5.74, 6) is 1.15. The second-order valence-electron chi connectivity index (χ2n) is 6.15. The zero-order chi connectivity index (χ0) is 15.4. The van der Waals surface area contributed by atoms with Crippen molar-refractivity contribution in [3.63, 3.8) is 0 Å². The smallest absolute Gasteiger partial charge is 0.122 e. The summed E-state index contributed by atoms with van der Waals surface area (Å²) in [4.78, 5) is 13.9. The minimum Gasteiger partial charge on any atom is -0.337 e. The van der Waals surface area contributed by atoms with E-state index in [1.807, 2.05) is 24.7 Å². The predicted molar refractivity (Wildman–Crippen MR) is 87.5 cm³/mol. The highest BCUT2D eigenvalue weighted by Crippen LogP contribution is 2.13. The van der Waals surface area contributed by atoms with Crippen molar-refractivity contribution in [1.29, 1.82) is 0 Å². The highest BCUT2D eigenvalue weighted by atomic mass is 15.3. The normalized spacial score (nSPS) is 20.4. The van der Waals surface area contributed by atoms with Crippen LogP contribution < -0.4 is 0 Å². The number of hydrogen-bond acceptors (Lipinski definition) is 4. The molecule has 0 aromatic carbocycles. The Balaban J connectivity index is 1.48. The molecule has 1 fully saturated rings. The Morgan fingerprint density at radius 1 is 1.18 bits per heavy atom. The van der Waals surface area contributed by atoms with Crippen LogP contribution in [0.4, 0.5) is 0 Å². The van der Waals surface area contributed by atoms with Crippen molar-refractivity contribution >= 4 is 0 Å². The van der Waals surface area contributed by atoms with Gasteiger partial charge < -0.3 is 9.47 Å². The fourth-order valence-corrected chi connectivity index (χ4v) is 3.06. The van der Waals surface area contributed by atoms with E-state index in [2.05, 4.69) is 50.4 Å². The van der Waals surface area contributed by atoms with Gasteiger partial charge in [0.2, 0.25) is 0 Å². The molecule has 0 radical (unpaired) electrons. The number of aryl methyl sites for hydroxylation is 1. The summed E-state index contributed by atoms with van der Waals surface area (Å²) in [5, 5.41) is 0. The SMILES string of the molecule is C[C@H]1CN(CCc2ccccn2)CCN1Cc1nccn1C. The molecule has 0 aliphatic carbocycles. The van der Waals surface area contributed by atoms with Crippen LogP contribution in [0.25, 0.3) is 0 Å². The zero-order valence-electron chi connectivity index (χ0n) is 13.5. The van der Waals surface area contributed by atoms with E-state index in [9.17, 15) is 0 Å². The number of rotatable bonds is 5. The fourth-order valence-electron chi connectivity index (χ4n) is 3.06. The lowest BCUT2D eigenvalue weighted by Gasteiger charge is -2.39. The Kier molecular flexibility index (Phi) is 4.85. The number of piperazine rings is 1. The molecule has 1 saturated heterocycles. The molecule has 1 aliphatic heterocycles. The van der Waals surface area contributed by atoms with Gasteiger partial charge in [0.15, 0.2) is 0 Å². The van der Waals surface area contributed by atoms with E-state index in [4.69, 9.17) is 0 Å². The minimum atomic E-state index is 0.564. The zero-order valence-corrected chi connectivity index (χ0v) is 13.5. The highest BCUT2D eigenvalue weighted by Gasteiger charge is 2.24. The largest absolute Gasteiger partial charge is 0.337 e. The van der Waals surface area contributed by atoms with Crippen LogP contribution in [-0.2, 0) is 20.0 Å². The molecule has 118 valence electrons. The first-order valence-corrected chi connectivity index (χ1v) is 8.05. The third-order valence-electron chi connectivity index (χ3n) is 4.53. The van der Waals surface area contributed by atoms with Gasteiger partial charge in [0.1, 0.15) is 5.82 Å². The minimum absolute atomic E-state index is 0.564. The Labute approximate surface area is 132 Å². The lowest BCUT2D eigenvalue weighted by atomic mass is 10.1. The summed E-state index contributed by atoms with van der Waals surface area (Å²) >= 11 is 0. The van der Waals surface area contributed by atoms with Crippen LogP contribution in [0.15, 0.2) is 36.8 Å². The van der Waals surface area contributed by atoms with Crippen molar-refractivity contribution in [1.82, 2.24) is 24.3 Å². The average Bonchev–Trinajstić information content (AvgIpc) is 2.94. The summed E-state index contributed by atoms with van der Waals surface area (Å²) in [6.07, 6.45) is 6.81. The van der Waals surface area contributed by atoms with E-state index in [-0.39, 0.29) is 0 Å². The lowest BCUT2D eigenvalue weighted by Crippen LogP contribution is -2.51. The molecule has 0 spiro atoms. The van der Waals surface area contributed by atoms with Gasteiger partial charge in [-0.1, -0.05) is 6.07 Å². The van der Waals surface area contributed by atoms with Crippen LogP contribution in [0.1, 0.15) is 18.4 Å². The number of nitrogens with zero attached hydrogens (tertiary/aromatic N) is 5. The molecule has 0 bridgehead atoms. The van der Waals surface area contributed by atoms with Crippen molar-refractivity contribution in [2.45, 2.75) is 25.9 Å². The van der Waals surface area contributed by atoms with E-state index in [0.717, 1.165) is 45.0 Å². The van der Waals surface area contributed by atoms with E-state index < -0.39 is 0 Å². The van der Waals surface area contributed by atoms with Crippen LogP contribution in [0.3, 0.4) is 0 Å². The Bertz CT molecular complexity index is 580. The van der Waals surface area contributed by atoms with Gasteiger partial charge >= 0.3 is 0 Å². The Morgan fingerprint density at radius 3 is 2.77 bits per heavy atom. The van der Waals surface area contributed by atoms with Crippen LogP contribution in [0.5, 0.6) is 0 Å². The Hall–Kier alpha value is -1.72. The molecule has 2 aromatic rings. The number of imidazole rings is 1. The fraction of sp³-hybridized carbons (Fsp3) is 0.529. The molecule has 0 amide bonds. The van der Waals surface area contributed by atoms with E-state index in [1.165, 1.54) is 5.69 Å². The lowest BCUT2D eigenvalue weighted by molar-refractivity contribution is 0.0756. The molecule has 0 N–H and O–H groups in total. The summed E-state index contributed by atoms with van der Waals surface area (Å²) in [6.45, 7) is 7.71. The molecule has 1 aliphatic rings. The maximum absolute atomic E-state index is 4.44. The standard InChI is InChI=1S/C17H25N5/c1-15-13-21(9-6-16-5-3-4-7-18-16)11-12-22(15)14-17-19-8-10-20(17)2/h3-5,7-8,10,15H,6,9,11-14H2,1-2H3/t15-/m0/s1. The third-order valence-corrected chi connectivity index (χ3v) is 4.53. The van der Waals surface area contributed by atoms with Crippen LogP contribution >= 0.6 is 0 Å². The van der Waals surface area contributed by atoms with E-state index in [1.54, 1.807) is 0 Å². The summed E-state index contributed by atoms with van der Waals surface area (Å²) in [6, 6.07) is 6.72. The van der Waals surface area contributed by atoms with Crippen molar-refractivity contribution < 1.29 is 0 Å². The topological polar surface area (TPSA) is 37.2 Å². The second kappa shape index (κ2) is 7.03. The summed E-state index contributed by atoms with van der Waals surface area (Å²) < 4.78 is 2.11. The highest BCUT2D eigenvalue weighted by molar-refractivity contribution is 5.04. The summed E-state index contributed by atoms with van der Waals surface area (Å²) in [5.41, 5.74) is 1.19. The van der Waals surface area contributed by atoms with Gasteiger partial charge in [-0.15, -0.1) is 0 Å². The maximum Gasteiger partial charge on any atom is 0.122 e. The van der Waals surface area contributed by atoms with E-state index >= 15 is 0 Å². The molecular formula is C17H25N5. The van der Waals surface area contributed by atoms with Crippen molar-refractivity contribution in [3.8, 4) is 0 Å². The number of aromatic nitrogens is 3. The molecule has 0 saturated carbocycles. The molecular weight excluding hydrogens is 274 g/mol. The van der Waals surface area contributed by atoms with Crippen molar-refractivity contribution in [2.24, 2.45) is 7.05 Å². The second-order valence-corrected chi connectivity index (χ2v) is 6.15. The van der Waals surface area contributed by atoms with Crippen LogP contribution in [0, 0.1) is 0 Å². The number of pyridine rings is 1. The molecule has 0 unspecified atom stereocenters. The van der Waals surface area contributed by atoms with Gasteiger partial charge in [0, 0.05) is 70.0 Å². The molecule has 3 rings (SSSR count). The quantitative estimate of drug-likeness (QED) is 0.840. The van der Waals surface area contributed by atoms with Crippen molar-refractivity contribution in [2.75, 3.05) is 26.2 Å². The first-order chi connectivity index (χ1) is 10.7. The van der Waals surface area contributed by atoms with Crippen molar-refractivity contribution in [3.05, 3.63) is 48.3 Å². The molecule has 5 heteroatoms. The van der Waals surface area contributed by atoms with Gasteiger partial charge in [-0.05, 0) is 19.1 Å². The summed E-state index contributed by atoms with van der Waals surface area (Å²) in [7, 11) is 2.07. The first kappa shape index (κ1) is 15.2. The number of hydrogen-bond donors (Lipinski definition) is 0. The van der Waals surface area contributed by atoms with E-state index in [0.29, 0.717) is 6.04 Å². The third kappa shape index (κ3) is 3.72. The van der Waals surface area contributed by atoms with Crippen LogP contribution in [0.2, 0.25) is 0 Å². The molecule has 22 heavy (non-hydrogen) atoms. The van der Waals surface area contributed by atoms with Gasteiger partial charge in [0.05, 0.1) is 6.54 Å². The van der Waals surface area contributed by atoms with Gasteiger partial charge in [-0.3, -0.25) is 9.88 Å². The Morgan fingerprint density at radius 2 is 2.09 bits per heavy atom. The molecule has 2 aromatic heterocycles. The predicted octanol–water partition coefficient (Wildman–Crippen LogP) is 1.56.